The average molecular weight is 224 g/mol. The minimum atomic E-state index is 0.772. The summed E-state index contributed by atoms with van der Waals surface area (Å²) in [6.07, 6.45) is 2.52. The van der Waals surface area contributed by atoms with Crippen molar-refractivity contribution in [2.75, 3.05) is 26.2 Å². The first-order chi connectivity index (χ1) is 7.40. The Labute approximate surface area is 96.3 Å². The molecule has 1 N–H and O–H groups in total. The van der Waals surface area contributed by atoms with E-state index in [0.29, 0.717) is 0 Å². The van der Waals surface area contributed by atoms with Gasteiger partial charge in [0.1, 0.15) is 0 Å². The Kier molecular flexibility index (Phi) is 4.18. The van der Waals surface area contributed by atoms with Crippen LogP contribution in [0, 0.1) is 0 Å². The fourth-order valence-electron chi connectivity index (χ4n) is 2.26. The highest BCUT2D eigenvalue weighted by Gasteiger charge is 2.20. The standard InChI is InChI=1S/C12H20N2S/c1-2-14(12-3-6-13-9-12)7-4-11-5-8-15-10-11/h5,8,10,12-13H,2-4,6-7,9H2,1H3. The van der Waals surface area contributed by atoms with Crippen LogP contribution in [-0.2, 0) is 6.42 Å². The summed E-state index contributed by atoms with van der Waals surface area (Å²) >= 11 is 1.80. The Morgan fingerprint density at radius 2 is 2.53 bits per heavy atom. The van der Waals surface area contributed by atoms with Crippen molar-refractivity contribution in [1.82, 2.24) is 10.2 Å². The van der Waals surface area contributed by atoms with Crippen LogP contribution < -0.4 is 5.32 Å². The molecule has 0 spiro atoms. The predicted octanol–water partition coefficient (Wildman–Crippen LogP) is 1.97. The van der Waals surface area contributed by atoms with Gasteiger partial charge in [0.05, 0.1) is 0 Å². The van der Waals surface area contributed by atoms with Gasteiger partial charge in [0, 0.05) is 19.1 Å². The monoisotopic (exact) mass is 224 g/mol. The largest absolute Gasteiger partial charge is 0.315 e. The molecule has 2 heterocycles. The SMILES string of the molecule is CCN(CCc1ccsc1)C1CCNC1. The van der Waals surface area contributed by atoms with Gasteiger partial charge >= 0.3 is 0 Å². The fourth-order valence-corrected chi connectivity index (χ4v) is 2.96. The van der Waals surface area contributed by atoms with Crippen molar-refractivity contribution in [3.05, 3.63) is 22.4 Å². The number of hydrogen-bond acceptors (Lipinski definition) is 3. The van der Waals surface area contributed by atoms with Crippen molar-refractivity contribution >= 4 is 11.3 Å². The molecule has 3 heteroatoms. The van der Waals surface area contributed by atoms with Gasteiger partial charge in [0.2, 0.25) is 0 Å². The second-order valence-corrected chi connectivity index (χ2v) is 4.94. The van der Waals surface area contributed by atoms with E-state index in [-0.39, 0.29) is 0 Å². The van der Waals surface area contributed by atoms with E-state index in [1.165, 1.54) is 44.6 Å². The highest BCUT2D eigenvalue weighted by atomic mass is 32.1. The Morgan fingerprint density at radius 1 is 1.60 bits per heavy atom. The molecule has 1 aliphatic rings. The molecule has 0 radical (unpaired) electrons. The molecule has 1 aromatic heterocycles. The first kappa shape index (κ1) is 11.1. The quantitative estimate of drug-likeness (QED) is 0.822. The summed E-state index contributed by atoms with van der Waals surface area (Å²) < 4.78 is 0. The van der Waals surface area contributed by atoms with E-state index in [9.17, 15) is 0 Å². The molecule has 0 saturated carbocycles. The lowest BCUT2D eigenvalue weighted by molar-refractivity contribution is 0.222. The van der Waals surface area contributed by atoms with E-state index in [1.54, 1.807) is 11.3 Å². The van der Waals surface area contributed by atoms with Crippen molar-refractivity contribution in [3.63, 3.8) is 0 Å². The van der Waals surface area contributed by atoms with Crippen molar-refractivity contribution < 1.29 is 0 Å². The van der Waals surface area contributed by atoms with Crippen LogP contribution in [0.25, 0.3) is 0 Å². The van der Waals surface area contributed by atoms with Gasteiger partial charge < -0.3 is 5.32 Å². The molecule has 15 heavy (non-hydrogen) atoms. The van der Waals surface area contributed by atoms with Crippen LogP contribution in [0.15, 0.2) is 16.8 Å². The van der Waals surface area contributed by atoms with E-state index in [4.69, 9.17) is 0 Å². The second kappa shape index (κ2) is 5.64. The third-order valence-electron chi connectivity index (χ3n) is 3.22. The summed E-state index contributed by atoms with van der Waals surface area (Å²) in [6.45, 7) is 7.03. The maximum Gasteiger partial charge on any atom is 0.0232 e. The molecular formula is C12H20N2S. The topological polar surface area (TPSA) is 15.3 Å². The van der Waals surface area contributed by atoms with Gasteiger partial charge in [-0.25, -0.2) is 0 Å². The maximum atomic E-state index is 3.44. The smallest absolute Gasteiger partial charge is 0.0232 e. The van der Waals surface area contributed by atoms with Crippen LogP contribution >= 0.6 is 11.3 Å². The molecule has 1 unspecified atom stereocenters. The average Bonchev–Trinajstić information content (AvgIpc) is 2.90. The molecule has 1 aromatic rings. The Hall–Kier alpha value is -0.380. The molecule has 2 rings (SSSR count). The first-order valence-corrected chi connectivity index (χ1v) is 6.80. The van der Waals surface area contributed by atoms with Gasteiger partial charge in [0.25, 0.3) is 0 Å². The lowest BCUT2D eigenvalue weighted by atomic mass is 10.2. The molecule has 2 nitrogen and oxygen atoms in total. The number of nitrogens with zero attached hydrogens (tertiary/aromatic N) is 1. The molecule has 0 amide bonds. The van der Waals surface area contributed by atoms with Gasteiger partial charge in [-0.05, 0) is 48.3 Å². The minimum absolute atomic E-state index is 0.772. The van der Waals surface area contributed by atoms with Crippen LogP contribution in [0.5, 0.6) is 0 Å². The molecule has 1 atom stereocenters. The zero-order valence-corrected chi connectivity index (χ0v) is 10.2. The van der Waals surface area contributed by atoms with E-state index in [0.717, 1.165) is 6.04 Å². The molecule has 0 bridgehead atoms. The van der Waals surface area contributed by atoms with Gasteiger partial charge in [0.15, 0.2) is 0 Å². The molecule has 0 aromatic carbocycles. The van der Waals surface area contributed by atoms with Crippen LogP contribution in [-0.4, -0.2) is 37.1 Å². The predicted molar refractivity (Wildman–Crippen MR) is 66.5 cm³/mol. The molecule has 1 aliphatic heterocycles. The summed E-state index contributed by atoms with van der Waals surface area (Å²) in [4.78, 5) is 2.61. The highest BCUT2D eigenvalue weighted by molar-refractivity contribution is 7.07. The van der Waals surface area contributed by atoms with E-state index < -0.39 is 0 Å². The lowest BCUT2D eigenvalue weighted by Gasteiger charge is -2.26. The fraction of sp³-hybridized carbons (Fsp3) is 0.667. The Balaban J connectivity index is 1.80. The summed E-state index contributed by atoms with van der Waals surface area (Å²) in [5.74, 6) is 0. The minimum Gasteiger partial charge on any atom is -0.315 e. The van der Waals surface area contributed by atoms with Crippen molar-refractivity contribution in [2.45, 2.75) is 25.8 Å². The molecule has 1 fully saturated rings. The third-order valence-corrected chi connectivity index (χ3v) is 3.96. The van der Waals surface area contributed by atoms with Crippen molar-refractivity contribution in [1.29, 1.82) is 0 Å². The van der Waals surface area contributed by atoms with Crippen LogP contribution in [0.4, 0.5) is 0 Å². The van der Waals surface area contributed by atoms with Crippen molar-refractivity contribution in [2.24, 2.45) is 0 Å². The summed E-state index contributed by atoms with van der Waals surface area (Å²) in [7, 11) is 0. The van der Waals surface area contributed by atoms with Crippen LogP contribution in [0.2, 0.25) is 0 Å². The van der Waals surface area contributed by atoms with E-state index in [1.807, 2.05) is 0 Å². The zero-order chi connectivity index (χ0) is 10.5. The Morgan fingerprint density at radius 3 is 3.13 bits per heavy atom. The molecular weight excluding hydrogens is 204 g/mol. The number of likely N-dealkylation sites (N-methyl/N-ethyl adjacent to an activating group) is 1. The summed E-state index contributed by atoms with van der Waals surface area (Å²) in [5.41, 5.74) is 1.49. The summed E-state index contributed by atoms with van der Waals surface area (Å²) in [5, 5.41) is 7.87. The zero-order valence-electron chi connectivity index (χ0n) is 9.41. The number of rotatable bonds is 5. The Bertz CT molecular complexity index is 265. The number of thiophene rings is 1. The summed E-state index contributed by atoms with van der Waals surface area (Å²) in [6, 6.07) is 3.01. The number of hydrogen-bond donors (Lipinski definition) is 1. The van der Waals surface area contributed by atoms with Crippen LogP contribution in [0.1, 0.15) is 18.9 Å². The molecule has 1 saturated heterocycles. The van der Waals surface area contributed by atoms with E-state index in [2.05, 4.69) is 34.0 Å². The normalized spacial score (nSPS) is 21.3. The van der Waals surface area contributed by atoms with Gasteiger partial charge in [-0.1, -0.05) is 6.92 Å². The molecule has 84 valence electrons. The van der Waals surface area contributed by atoms with Gasteiger partial charge in [-0.15, -0.1) is 0 Å². The van der Waals surface area contributed by atoms with Crippen LogP contribution in [0.3, 0.4) is 0 Å². The molecule has 0 aliphatic carbocycles. The first-order valence-electron chi connectivity index (χ1n) is 5.86. The highest BCUT2D eigenvalue weighted by Crippen LogP contribution is 2.11. The van der Waals surface area contributed by atoms with Gasteiger partial charge in [-0.3, -0.25) is 4.90 Å². The third kappa shape index (κ3) is 3.03. The van der Waals surface area contributed by atoms with Crippen molar-refractivity contribution in [3.8, 4) is 0 Å². The lowest BCUT2D eigenvalue weighted by Crippen LogP contribution is -2.38. The number of nitrogens with one attached hydrogen (secondary N) is 1. The second-order valence-electron chi connectivity index (χ2n) is 4.16. The van der Waals surface area contributed by atoms with E-state index >= 15 is 0 Å². The maximum absolute atomic E-state index is 3.44. The van der Waals surface area contributed by atoms with Gasteiger partial charge in [-0.2, -0.15) is 11.3 Å².